The van der Waals surface area contributed by atoms with Gasteiger partial charge in [0.25, 0.3) is 5.91 Å². The highest BCUT2D eigenvalue weighted by atomic mass is 35.5. The summed E-state index contributed by atoms with van der Waals surface area (Å²) in [6.45, 7) is 3.93. The Morgan fingerprint density at radius 1 is 1.28 bits per heavy atom. The maximum atomic E-state index is 12.5. The maximum absolute atomic E-state index is 12.5. The zero-order chi connectivity index (χ0) is 18.0. The number of amides is 3. The van der Waals surface area contributed by atoms with E-state index in [1.54, 1.807) is 31.2 Å². The minimum atomic E-state index is -0.824. The molecule has 7 nitrogen and oxygen atoms in total. The van der Waals surface area contributed by atoms with Gasteiger partial charge in [-0.15, -0.1) is 0 Å². The SMILES string of the molecule is CCC[C@]1(C)NC(=O)N(CCc2nc(-c3ccc(Cl)cc3)no2)C1=O. The molecule has 2 aromatic rings. The van der Waals surface area contributed by atoms with Crippen molar-refractivity contribution in [2.24, 2.45) is 0 Å². The first-order valence-electron chi connectivity index (χ1n) is 8.15. The van der Waals surface area contributed by atoms with Crippen LogP contribution in [0, 0.1) is 0 Å². The molecule has 0 radical (unpaired) electrons. The third-order valence-corrected chi connectivity index (χ3v) is 4.47. The molecule has 3 rings (SSSR count). The second-order valence-corrected chi connectivity index (χ2v) is 6.67. The van der Waals surface area contributed by atoms with E-state index in [-0.39, 0.29) is 18.5 Å². The van der Waals surface area contributed by atoms with Gasteiger partial charge >= 0.3 is 6.03 Å². The number of aromatic nitrogens is 2. The predicted molar refractivity (Wildman–Crippen MR) is 92.0 cm³/mol. The lowest BCUT2D eigenvalue weighted by Gasteiger charge is -2.20. The molecule has 1 N–H and O–H groups in total. The molecular weight excluding hydrogens is 344 g/mol. The summed E-state index contributed by atoms with van der Waals surface area (Å²) in [5.74, 6) is 0.603. The number of hydrogen-bond donors (Lipinski definition) is 1. The van der Waals surface area contributed by atoms with Crippen molar-refractivity contribution in [3.63, 3.8) is 0 Å². The molecule has 2 heterocycles. The molecule has 1 fully saturated rings. The molecule has 8 heteroatoms. The zero-order valence-corrected chi connectivity index (χ0v) is 14.8. The molecule has 0 spiro atoms. The number of imide groups is 1. The minimum absolute atomic E-state index is 0.201. The third kappa shape index (κ3) is 3.51. The Morgan fingerprint density at radius 3 is 2.68 bits per heavy atom. The van der Waals surface area contributed by atoms with E-state index in [2.05, 4.69) is 15.5 Å². The predicted octanol–water partition coefficient (Wildman–Crippen LogP) is 3.04. The summed E-state index contributed by atoms with van der Waals surface area (Å²) in [6, 6.07) is 6.71. The molecule has 0 bridgehead atoms. The van der Waals surface area contributed by atoms with Gasteiger partial charge < -0.3 is 9.84 Å². The number of benzene rings is 1. The van der Waals surface area contributed by atoms with Gasteiger partial charge in [0, 0.05) is 23.6 Å². The van der Waals surface area contributed by atoms with E-state index in [4.69, 9.17) is 16.1 Å². The Balaban J connectivity index is 1.65. The van der Waals surface area contributed by atoms with E-state index >= 15 is 0 Å². The van der Waals surface area contributed by atoms with Crippen LogP contribution in [0.1, 0.15) is 32.6 Å². The second-order valence-electron chi connectivity index (χ2n) is 6.24. The van der Waals surface area contributed by atoms with Gasteiger partial charge in [0.2, 0.25) is 11.7 Å². The van der Waals surface area contributed by atoms with E-state index in [0.29, 0.717) is 29.6 Å². The van der Waals surface area contributed by atoms with Crippen LogP contribution < -0.4 is 5.32 Å². The quantitative estimate of drug-likeness (QED) is 0.798. The van der Waals surface area contributed by atoms with Crippen LogP contribution in [0.25, 0.3) is 11.4 Å². The summed E-state index contributed by atoms with van der Waals surface area (Å²) in [5, 5.41) is 7.31. The van der Waals surface area contributed by atoms with Crippen LogP contribution >= 0.6 is 11.6 Å². The number of nitrogens with zero attached hydrogens (tertiary/aromatic N) is 3. The monoisotopic (exact) mass is 362 g/mol. The zero-order valence-electron chi connectivity index (χ0n) is 14.1. The van der Waals surface area contributed by atoms with E-state index in [1.807, 2.05) is 6.92 Å². The number of halogens is 1. The largest absolute Gasteiger partial charge is 0.339 e. The summed E-state index contributed by atoms with van der Waals surface area (Å²) in [5.41, 5.74) is -0.0419. The van der Waals surface area contributed by atoms with Crippen LogP contribution in [0.4, 0.5) is 4.79 Å². The fourth-order valence-corrected chi connectivity index (χ4v) is 3.03. The lowest BCUT2D eigenvalue weighted by Crippen LogP contribution is -2.43. The van der Waals surface area contributed by atoms with Crippen LogP contribution in [-0.4, -0.2) is 39.1 Å². The van der Waals surface area contributed by atoms with Gasteiger partial charge in [-0.2, -0.15) is 4.98 Å². The van der Waals surface area contributed by atoms with Crippen molar-refractivity contribution in [2.75, 3.05) is 6.54 Å². The van der Waals surface area contributed by atoms with Crippen LogP contribution in [-0.2, 0) is 11.2 Å². The van der Waals surface area contributed by atoms with E-state index in [9.17, 15) is 9.59 Å². The fourth-order valence-electron chi connectivity index (χ4n) is 2.90. The Kier molecular flexibility index (Phi) is 4.76. The molecule has 0 aliphatic carbocycles. The highest BCUT2D eigenvalue weighted by molar-refractivity contribution is 6.30. The molecule has 132 valence electrons. The second kappa shape index (κ2) is 6.84. The Bertz CT molecular complexity index is 789. The average Bonchev–Trinajstić information content (AvgIpc) is 3.11. The summed E-state index contributed by atoms with van der Waals surface area (Å²) >= 11 is 5.86. The summed E-state index contributed by atoms with van der Waals surface area (Å²) < 4.78 is 5.22. The molecule has 1 saturated heterocycles. The van der Waals surface area contributed by atoms with Gasteiger partial charge in [0.05, 0.1) is 0 Å². The highest BCUT2D eigenvalue weighted by Crippen LogP contribution is 2.23. The van der Waals surface area contributed by atoms with Crippen LogP contribution in [0.2, 0.25) is 5.02 Å². The van der Waals surface area contributed by atoms with E-state index in [0.717, 1.165) is 12.0 Å². The standard InChI is InChI=1S/C17H19ClN4O3/c1-3-9-17(2)15(23)22(16(24)20-17)10-8-13-19-14(21-25-13)11-4-6-12(18)7-5-11/h4-7H,3,8-10H2,1-2H3,(H,20,24)/t17-/m0/s1. The van der Waals surface area contributed by atoms with E-state index in [1.165, 1.54) is 4.90 Å². The number of nitrogens with one attached hydrogen (secondary N) is 1. The first kappa shape index (κ1) is 17.4. The number of carbonyl (C=O) groups is 2. The van der Waals surface area contributed by atoms with Crippen LogP contribution in [0.5, 0.6) is 0 Å². The van der Waals surface area contributed by atoms with Crippen molar-refractivity contribution in [1.82, 2.24) is 20.4 Å². The molecule has 25 heavy (non-hydrogen) atoms. The van der Waals surface area contributed by atoms with Crippen LogP contribution in [0.3, 0.4) is 0 Å². The van der Waals surface area contributed by atoms with Crippen molar-refractivity contribution in [1.29, 1.82) is 0 Å². The fraction of sp³-hybridized carbons (Fsp3) is 0.412. The summed E-state index contributed by atoms with van der Waals surface area (Å²) in [7, 11) is 0. The number of urea groups is 1. The topological polar surface area (TPSA) is 88.3 Å². The Morgan fingerprint density at radius 2 is 2.00 bits per heavy atom. The molecule has 1 aromatic carbocycles. The molecule has 3 amide bonds. The highest BCUT2D eigenvalue weighted by Gasteiger charge is 2.46. The molecule has 1 aromatic heterocycles. The first-order valence-corrected chi connectivity index (χ1v) is 8.53. The third-order valence-electron chi connectivity index (χ3n) is 4.21. The van der Waals surface area contributed by atoms with Crippen LogP contribution in [0.15, 0.2) is 28.8 Å². The molecule has 0 unspecified atom stereocenters. The maximum Gasteiger partial charge on any atom is 0.325 e. The van der Waals surface area contributed by atoms with Crippen molar-refractivity contribution < 1.29 is 14.1 Å². The van der Waals surface area contributed by atoms with Gasteiger partial charge in [-0.1, -0.05) is 30.1 Å². The molecule has 1 aliphatic heterocycles. The van der Waals surface area contributed by atoms with Crippen molar-refractivity contribution in [3.8, 4) is 11.4 Å². The molecule has 1 atom stereocenters. The van der Waals surface area contributed by atoms with E-state index < -0.39 is 5.54 Å². The molecule has 1 aliphatic rings. The summed E-state index contributed by atoms with van der Waals surface area (Å²) in [4.78, 5) is 30.1. The van der Waals surface area contributed by atoms with Crippen molar-refractivity contribution >= 4 is 23.5 Å². The first-order chi connectivity index (χ1) is 11.9. The van der Waals surface area contributed by atoms with Crippen molar-refractivity contribution in [2.45, 2.75) is 38.6 Å². The minimum Gasteiger partial charge on any atom is -0.339 e. The Labute approximate surface area is 150 Å². The number of hydrogen-bond acceptors (Lipinski definition) is 5. The Hall–Kier alpha value is -2.41. The number of carbonyl (C=O) groups excluding carboxylic acids is 2. The summed E-state index contributed by atoms with van der Waals surface area (Å²) in [6.07, 6.45) is 1.72. The molecule has 0 saturated carbocycles. The van der Waals surface area contributed by atoms with Gasteiger partial charge in [0.15, 0.2) is 0 Å². The van der Waals surface area contributed by atoms with Gasteiger partial charge in [-0.05, 0) is 37.6 Å². The normalized spacial score (nSPS) is 20.2. The van der Waals surface area contributed by atoms with Gasteiger partial charge in [-0.25, -0.2) is 4.79 Å². The number of rotatable bonds is 6. The lowest BCUT2D eigenvalue weighted by molar-refractivity contribution is -0.131. The van der Waals surface area contributed by atoms with Crippen molar-refractivity contribution in [3.05, 3.63) is 35.2 Å². The average molecular weight is 363 g/mol. The van der Waals surface area contributed by atoms with Gasteiger partial charge in [0.1, 0.15) is 5.54 Å². The molecular formula is C17H19ClN4O3. The smallest absolute Gasteiger partial charge is 0.325 e. The van der Waals surface area contributed by atoms with Gasteiger partial charge in [-0.3, -0.25) is 9.69 Å². The lowest BCUT2D eigenvalue weighted by atomic mass is 9.96.